The molecule has 0 saturated heterocycles. The minimum Gasteiger partial charge on any atom is -0.339 e. The van der Waals surface area contributed by atoms with Gasteiger partial charge in [-0.15, -0.1) is 11.3 Å². The standard InChI is InChI=1S/C22H15N5OS/c23-13-16-7-4-8-17(11-16)26-22-21-18(24-14-25-22)12-20(29-21)27-19(28)10-9-15-5-2-1-3-6-15/h1-12,14H,(H,27,28)(H,24,25,26)/b10-9+. The van der Waals surface area contributed by atoms with E-state index in [1.165, 1.54) is 23.7 Å². The first kappa shape index (κ1) is 18.3. The Kier molecular flexibility index (Phi) is 5.27. The van der Waals surface area contributed by atoms with Crippen molar-refractivity contribution in [1.29, 1.82) is 5.26 Å². The van der Waals surface area contributed by atoms with Crippen molar-refractivity contribution in [2.45, 2.75) is 0 Å². The van der Waals surface area contributed by atoms with Crippen molar-refractivity contribution in [2.75, 3.05) is 10.6 Å². The van der Waals surface area contributed by atoms with Crippen molar-refractivity contribution in [3.8, 4) is 6.07 Å². The largest absolute Gasteiger partial charge is 0.339 e. The van der Waals surface area contributed by atoms with Gasteiger partial charge in [0.2, 0.25) is 5.91 Å². The predicted octanol–water partition coefficient (Wildman–Crippen LogP) is 4.96. The molecule has 2 aromatic heterocycles. The van der Waals surface area contributed by atoms with Crippen LogP contribution in [0.4, 0.5) is 16.5 Å². The van der Waals surface area contributed by atoms with Gasteiger partial charge in [-0.1, -0.05) is 36.4 Å². The maximum absolute atomic E-state index is 12.2. The van der Waals surface area contributed by atoms with Gasteiger partial charge in [0.05, 0.1) is 26.9 Å². The van der Waals surface area contributed by atoms with Crippen LogP contribution in [-0.2, 0) is 4.79 Å². The van der Waals surface area contributed by atoms with Gasteiger partial charge in [-0.3, -0.25) is 4.79 Å². The molecule has 0 aliphatic heterocycles. The van der Waals surface area contributed by atoms with E-state index in [1.807, 2.05) is 42.5 Å². The summed E-state index contributed by atoms with van der Waals surface area (Å²) in [5.74, 6) is 0.403. The number of fused-ring (bicyclic) bond motifs is 1. The quantitative estimate of drug-likeness (QED) is 0.465. The van der Waals surface area contributed by atoms with Crippen molar-refractivity contribution in [3.63, 3.8) is 0 Å². The monoisotopic (exact) mass is 397 g/mol. The molecular weight excluding hydrogens is 382 g/mol. The first-order valence-corrected chi connectivity index (χ1v) is 9.59. The summed E-state index contributed by atoms with van der Waals surface area (Å²) < 4.78 is 0.817. The molecule has 29 heavy (non-hydrogen) atoms. The number of amides is 1. The van der Waals surface area contributed by atoms with Gasteiger partial charge in [0.1, 0.15) is 6.33 Å². The first-order valence-electron chi connectivity index (χ1n) is 8.77. The van der Waals surface area contributed by atoms with Crippen LogP contribution in [0.1, 0.15) is 11.1 Å². The number of nitrogens with zero attached hydrogens (tertiary/aromatic N) is 3. The Morgan fingerprint density at radius 2 is 1.93 bits per heavy atom. The highest BCUT2D eigenvalue weighted by Crippen LogP contribution is 2.34. The van der Waals surface area contributed by atoms with Gasteiger partial charge in [0.25, 0.3) is 0 Å². The van der Waals surface area contributed by atoms with Crippen LogP contribution < -0.4 is 10.6 Å². The third-order valence-corrected chi connectivity index (χ3v) is 5.09. The third kappa shape index (κ3) is 4.46. The van der Waals surface area contributed by atoms with Crippen LogP contribution >= 0.6 is 11.3 Å². The number of aromatic nitrogens is 2. The molecule has 140 valence electrons. The van der Waals surface area contributed by atoms with E-state index in [2.05, 4.69) is 26.7 Å². The average Bonchev–Trinajstić information content (AvgIpc) is 3.16. The Hall–Kier alpha value is -4.02. The van der Waals surface area contributed by atoms with Crippen molar-refractivity contribution in [2.24, 2.45) is 0 Å². The SMILES string of the molecule is N#Cc1cccc(Nc2ncnc3cc(NC(=O)/C=C/c4ccccc4)sc23)c1. The number of nitriles is 1. The second-order valence-corrected chi connectivity index (χ2v) is 7.15. The van der Waals surface area contributed by atoms with Gasteiger partial charge >= 0.3 is 0 Å². The molecule has 6 nitrogen and oxygen atoms in total. The molecule has 0 atom stereocenters. The molecule has 0 spiro atoms. The molecule has 0 bridgehead atoms. The summed E-state index contributed by atoms with van der Waals surface area (Å²) in [5.41, 5.74) is 3.00. The zero-order valence-electron chi connectivity index (χ0n) is 15.2. The Morgan fingerprint density at radius 3 is 2.76 bits per heavy atom. The molecule has 0 aliphatic rings. The van der Waals surface area contributed by atoms with Gasteiger partial charge < -0.3 is 10.6 Å². The minimum atomic E-state index is -0.218. The summed E-state index contributed by atoms with van der Waals surface area (Å²) in [5, 5.41) is 15.8. The van der Waals surface area contributed by atoms with E-state index in [0.29, 0.717) is 16.4 Å². The van der Waals surface area contributed by atoms with Gasteiger partial charge in [-0.25, -0.2) is 9.97 Å². The molecule has 4 rings (SSSR count). The van der Waals surface area contributed by atoms with Gasteiger partial charge in [-0.2, -0.15) is 5.26 Å². The number of anilines is 3. The lowest BCUT2D eigenvalue weighted by Crippen LogP contribution is -2.05. The Labute approximate surface area is 171 Å². The Morgan fingerprint density at radius 1 is 1.07 bits per heavy atom. The lowest BCUT2D eigenvalue weighted by molar-refractivity contribution is -0.111. The van der Waals surface area contributed by atoms with E-state index in [9.17, 15) is 4.79 Å². The lowest BCUT2D eigenvalue weighted by Gasteiger charge is -2.06. The molecule has 2 aromatic carbocycles. The van der Waals surface area contributed by atoms with Crippen molar-refractivity contribution >= 4 is 50.0 Å². The number of hydrogen-bond acceptors (Lipinski definition) is 6. The van der Waals surface area contributed by atoms with E-state index in [0.717, 1.165) is 21.5 Å². The van der Waals surface area contributed by atoms with E-state index >= 15 is 0 Å². The molecule has 2 N–H and O–H groups in total. The number of hydrogen-bond donors (Lipinski definition) is 2. The zero-order valence-corrected chi connectivity index (χ0v) is 16.0. The number of benzene rings is 2. The molecule has 0 fully saturated rings. The fourth-order valence-electron chi connectivity index (χ4n) is 2.71. The van der Waals surface area contributed by atoms with Crippen LogP contribution in [0.2, 0.25) is 0 Å². The summed E-state index contributed by atoms with van der Waals surface area (Å²) in [6, 6.07) is 20.7. The maximum atomic E-state index is 12.2. The van der Waals surface area contributed by atoms with Crippen molar-refractivity contribution < 1.29 is 4.79 Å². The molecule has 0 saturated carbocycles. The average molecular weight is 397 g/mol. The smallest absolute Gasteiger partial charge is 0.248 e. The summed E-state index contributed by atoms with van der Waals surface area (Å²) in [6.07, 6.45) is 4.72. The van der Waals surface area contributed by atoms with Crippen LogP contribution in [0, 0.1) is 11.3 Å². The van der Waals surface area contributed by atoms with E-state index < -0.39 is 0 Å². The molecule has 0 radical (unpaired) electrons. The number of rotatable bonds is 5. The predicted molar refractivity (Wildman–Crippen MR) is 116 cm³/mol. The lowest BCUT2D eigenvalue weighted by atomic mass is 10.2. The Balaban J connectivity index is 1.53. The van der Waals surface area contributed by atoms with Crippen LogP contribution in [0.15, 0.2) is 73.1 Å². The second kappa shape index (κ2) is 8.33. The highest BCUT2D eigenvalue weighted by molar-refractivity contribution is 7.23. The number of carbonyl (C=O) groups is 1. The maximum Gasteiger partial charge on any atom is 0.248 e. The fraction of sp³-hybridized carbons (Fsp3) is 0. The summed E-state index contributed by atoms with van der Waals surface area (Å²) >= 11 is 1.38. The normalized spacial score (nSPS) is 10.7. The van der Waals surface area contributed by atoms with E-state index in [4.69, 9.17) is 5.26 Å². The summed E-state index contributed by atoms with van der Waals surface area (Å²) in [6.45, 7) is 0. The Bertz CT molecular complexity index is 1240. The van der Waals surface area contributed by atoms with Gasteiger partial charge in [0, 0.05) is 11.8 Å². The third-order valence-electron chi connectivity index (χ3n) is 4.04. The number of carbonyl (C=O) groups excluding carboxylic acids is 1. The molecule has 0 unspecified atom stereocenters. The number of nitrogens with one attached hydrogen (secondary N) is 2. The topological polar surface area (TPSA) is 90.7 Å². The minimum absolute atomic E-state index is 0.218. The van der Waals surface area contributed by atoms with Crippen LogP contribution in [0.5, 0.6) is 0 Å². The summed E-state index contributed by atoms with van der Waals surface area (Å²) in [4.78, 5) is 20.8. The van der Waals surface area contributed by atoms with E-state index in [1.54, 1.807) is 24.3 Å². The van der Waals surface area contributed by atoms with Crippen molar-refractivity contribution in [1.82, 2.24) is 9.97 Å². The second-order valence-electron chi connectivity index (χ2n) is 6.10. The fourth-order valence-corrected chi connectivity index (χ4v) is 3.67. The molecule has 1 amide bonds. The number of thiophene rings is 1. The van der Waals surface area contributed by atoms with Gasteiger partial charge in [-0.05, 0) is 35.9 Å². The van der Waals surface area contributed by atoms with Crippen molar-refractivity contribution in [3.05, 3.63) is 84.2 Å². The van der Waals surface area contributed by atoms with Crippen LogP contribution in [-0.4, -0.2) is 15.9 Å². The van der Waals surface area contributed by atoms with E-state index in [-0.39, 0.29) is 5.91 Å². The molecule has 7 heteroatoms. The molecule has 2 heterocycles. The van der Waals surface area contributed by atoms with Gasteiger partial charge in [0.15, 0.2) is 5.82 Å². The molecule has 0 aliphatic carbocycles. The summed E-state index contributed by atoms with van der Waals surface area (Å²) in [7, 11) is 0. The first-order chi connectivity index (χ1) is 14.2. The molecular formula is C22H15N5OS. The highest BCUT2D eigenvalue weighted by Gasteiger charge is 2.10. The zero-order chi connectivity index (χ0) is 20.1. The highest BCUT2D eigenvalue weighted by atomic mass is 32.1. The van der Waals surface area contributed by atoms with Crippen LogP contribution in [0.3, 0.4) is 0 Å². The van der Waals surface area contributed by atoms with Crippen LogP contribution in [0.25, 0.3) is 16.3 Å². The molecule has 4 aromatic rings.